The maximum atomic E-state index is 11.9. The zero-order valence-corrected chi connectivity index (χ0v) is 8.36. The lowest BCUT2D eigenvalue weighted by atomic mass is 10.1. The smallest absolute Gasteiger partial charge is 0.137 e. The number of rotatable bonds is 0. The highest BCUT2D eigenvalue weighted by Gasteiger charge is 2.34. The summed E-state index contributed by atoms with van der Waals surface area (Å²) in [6, 6.07) is 2.14. The quantitative estimate of drug-likeness (QED) is 0.576. The molecule has 0 radical (unpaired) electrons. The predicted octanol–water partition coefficient (Wildman–Crippen LogP) is 1.55. The summed E-state index contributed by atoms with van der Waals surface area (Å²) in [4.78, 5) is 0. The number of nitrogens with zero attached hydrogens (tertiary/aromatic N) is 2. The predicted molar refractivity (Wildman–Crippen MR) is 49.2 cm³/mol. The SMILES string of the molecule is CC1(C#N)CCCCN=S1(C)=O. The second-order valence-corrected chi connectivity index (χ2v) is 6.22. The van der Waals surface area contributed by atoms with Crippen LogP contribution in [-0.2, 0) is 9.73 Å². The van der Waals surface area contributed by atoms with Gasteiger partial charge in [-0.3, -0.25) is 0 Å². The maximum Gasteiger partial charge on any atom is 0.137 e. The van der Waals surface area contributed by atoms with E-state index in [1.54, 1.807) is 13.2 Å². The molecule has 0 saturated carbocycles. The second kappa shape index (κ2) is 3.06. The molecule has 0 bridgehead atoms. The fourth-order valence-electron chi connectivity index (χ4n) is 1.29. The second-order valence-electron chi connectivity index (χ2n) is 3.45. The molecule has 0 amide bonds. The summed E-state index contributed by atoms with van der Waals surface area (Å²) < 4.78 is 15.3. The third-order valence-corrected chi connectivity index (χ3v) is 5.11. The van der Waals surface area contributed by atoms with E-state index in [-0.39, 0.29) is 0 Å². The fourth-order valence-corrected chi connectivity index (χ4v) is 2.74. The van der Waals surface area contributed by atoms with Crippen molar-refractivity contribution in [2.45, 2.75) is 30.9 Å². The first kappa shape index (κ1) is 9.53. The van der Waals surface area contributed by atoms with Crippen molar-refractivity contribution in [3.05, 3.63) is 0 Å². The molecule has 0 aromatic rings. The van der Waals surface area contributed by atoms with E-state index in [2.05, 4.69) is 10.4 Å². The molecule has 0 aromatic heterocycles. The van der Waals surface area contributed by atoms with Crippen molar-refractivity contribution in [1.82, 2.24) is 0 Å². The Labute approximate surface area is 74.0 Å². The number of hydrogen-bond donors (Lipinski definition) is 0. The van der Waals surface area contributed by atoms with Gasteiger partial charge in [0, 0.05) is 12.8 Å². The molecular weight excluding hydrogens is 172 g/mol. The molecule has 2 unspecified atom stereocenters. The molecule has 3 nitrogen and oxygen atoms in total. The van der Waals surface area contributed by atoms with Crippen molar-refractivity contribution in [1.29, 1.82) is 5.26 Å². The van der Waals surface area contributed by atoms with Crippen LogP contribution in [0.5, 0.6) is 0 Å². The Morgan fingerprint density at radius 2 is 2.25 bits per heavy atom. The Morgan fingerprint density at radius 3 is 2.83 bits per heavy atom. The van der Waals surface area contributed by atoms with Crippen LogP contribution in [0.25, 0.3) is 0 Å². The Kier molecular flexibility index (Phi) is 2.43. The minimum absolute atomic E-state index is 0.645. The van der Waals surface area contributed by atoms with Crippen molar-refractivity contribution >= 4 is 9.73 Å². The molecule has 68 valence electrons. The van der Waals surface area contributed by atoms with Gasteiger partial charge in [0.15, 0.2) is 0 Å². The van der Waals surface area contributed by atoms with Gasteiger partial charge in [0.1, 0.15) is 4.75 Å². The van der Waals surface area contributed by atoms with Crippen LogP contribution in [-0.4, -0.2) is 21.8 Å². The Morgan fingerprint density at radius 1 is 1.58 bits per heavy atom. The normalized spacial score (nSPS) is 42.4. The Balaban J connectivity index is 3.16. The van der Waals surface area contributed by atoms with Crippen LogP contribution in [0.1, 0.15) is 26.2 Å². The summed E-state index contributed by atoms with van der Waals surface area (Å²) >= 11 is 0. The van der Waals surface area contributed by atoms with Crippen molar-refractivity contribution < 1.29 is 4.21 Å². The first-order valence-electron chi connectivity index (χ1n) is 4.11. The molecule has 0 aromatic carbocycles. The molecular formula is C8H14N2OS. The molecule has 0 spiro atoms. The van der Waals surface area contributed by atoms with Gasteiger partial charge in [-0.2, -0.15) is 5.26 Å². The fraction of sp³-hybridized carbons (Fsp3) is 0.875. The summed E-state index contributed by atoms with van der Waals surface area (Å²) in [5.41, 5.74) is 0. The molecule has 0 aliphatic carbocycles. The van der Waals surface area contributed by atoms with Crippen molar-refractivity contribution in [2.75, 3.05) is 12.8 Å². The molecule has 0 N–H and O–H groups in total. The van der Waals surface area contributed by atoms with Gasteiger partial charge >= 0.3 is 0 Å². The summed E-state index contributed by atoms with van der Waals surface area (Å²) in [5.74, 6) is 0. The van der Waals surface area contributed by atoms with E-state index in [4.69, 9.17) is 5.26 Å². The van der Waals surface area contributed by atoms with Crippen molar-refractivity contribution in [3.63, 3.8) is 0 Å². The van der Waals surface area contributed by atoms with Gasteiger partial charge in [-0.05, 0) is 26.2 Å². The lowest BCUT2D eigenvalue weighted by Gasteiger charge is -2.20. The first-order chi connectivity index (χ1) is 5.52. The highest BCUT2D eigenvalue weighted by molar-refractivity contribution is 7.94. The topological polar surface area (TPSA) is 53.2 Å². The average molecular weight is 186 g/mol. The zero-order chi connectivity index (χ0) is 9.24. The van der Waals surface area contributed by atoms with Gasteiger partial charge in [-0.25, -0.2) is 8.57 Å². The van der Waals surface area contributed by atoms with Crippen LogP contribution < -0.4 is 0 Å². The van der Waals surface area contributed by atoms with Crippen molar-refractivity contribution in [3.8, 4) is 6.07 Å². The summed E-state index contributed by atoms with van der Waals surface area (Å²) in [7, 11) is -2.30. The maximum absolute atomic E-state index is 11.9. The van der Waals surface area contributed by atoms with E-state index in [9.17, 15) is 4.21 Å². The van der Waals surface area contributed by atoms with Crippen molar-refractivity contribution in [2.24, 2.45) is 4.36 Å². The lowest BCUT2D eigenvalue weighted by Crippen LogP contribution is -2.31. The molecule has 0 fully saturated rings. The highest BCUT2D eigenvalue weighted by atomic mass is 32.2. The van der Waals surface area contributed by atoms with Crippen LogP contribution in [0.4, 0.5) is 0 Å². The van der Waals surface area contributed by atoms with Crippen LogP contribution in [0.15, 0.2) is 4.36 Å². The molecule has 2 atom stereocenters. The Hall–Kier alpha value is -0.560. The van der Waals surface area contributed by atoms with Gasteiger partial charge in [0.25, 0.3) is 0 Å². The van der Waals surface area contributed by atoms with Crippen LogP contribution in [0, 0.1) is 11.3 Å². The van der Waals surface area contributed by atoms with Gasteiger partial charge in [-0.15, -0.1) is 0 Å². The van der Waals surface area contributed by atoms with E-state index in [0.717, 1.165) is 12.8 Å². The van der Waals surface area contributed by atoms with E-state index in [0.29, 0.717) is 13.0 Å². The lowest BCUT2D eigenvalue weighted by molar-refractivity contribution is 0.611. The third-order valence-electron chi connectivity index (χ3n) is 2.47. The van der Waals surface area contributed by atoms with Gasteiger partial charge in [0.2, 0.25) is 0 Å². The highest BCUT2D eigenvalue weighted by Crippen LogP contribution is 2.27. The minimum atomic E-state index is -2.30. The van der Waals surface area contributed by atoms with Crippen LogP contribution in [0.2, 0.25) is 0 Å². The van der Waals surface area contributed by atoms with Gasteiger partial charge in [-0.1, -0.05) is 0 Å². The average Bonchev–Trinajstić information content (AvgIpc) is 2.13. The molecule has 12 heavy (non-hydrogen) atoms. The monoisotopic (exact) mass is 186 g/mol. The minimum Gasteiger partial charge on any atom is -0.248 e. The number of nitriles is 1. The van der Waals surface area contributed by atoms with E-state index >= 15 is 0 Å². The molecule has 1 rings (SSSR count). The summed E-state index contributed by atoms with van der Waals surface area (Å²) in [6.07, 6.45) is 4.23. The molecule has 4 heteroatoms. The van der Waals surface area contributed by atoms with Gasteiger partial charge in [0.05, 0.1) is 15.8 Å². The van der Waals surface area contributed by atoms with Gasteiger partial charge < -0.3 is 0 Å². The van der Waals surface area contributed by atoms with E-state index in [1.807, 2.05) is 0 Å². The largest absolute Gasteiger partial charge is 0.248 e. The summed E-state index contributed by atoms with van der Waals surface area (Å²) in [6.45, 7) is 2.40. The van der Waals surface area contributed by atoms with Crippen LogP contribution >= 0.6 is 0 Å². The Bertz CT molecular complexity index is 322. The molecule has 1 heterocycles. The van der Waals surface area contributed by atoms with Crippen LogP contribution in [0.3, 0.4) is 0 Å². The van der Waals surface area contributed by atoms with E-state index < -0.39 is 14.5 Å². The standard InChI is InChI=1S/C8H14N2OS/c1-8(7-9)5-3-4-6-10-12(8,2)11/h3-6H2,1-2H3. The third kappa shape index (κ3) is 1.46. The molecule has 0 saturated heterocycles. The first-order valence-corrected chi connectivity index (χ1v) is 6.03. The molecule has 1 aliphatic heterocycles. The van der Waals surface area contributed by atoms with E-state index in [1.165, 1.54) is 0 Å². The number of hydrogen-bond acceptors (Lipinski definition) is 3. The summed E-state index contributed by atoms with van der Waals surface area (Å²) in [5, 5.41) is 8.92. The zero-order valence-electron chi connectivity index (χ0n) is 7.54. The molecule has 1 aliphatic rings.